The Morgan fingerprint density at radius 1 is 1.43 bits per heavy atom. The van der Waals surface area contributed by atoms with Crippen molar-refractivity contribution in [1.82, 2.24) is 9.88 Å². The predicted molar refractivity (Wildman–Crippen MR) is 83.2 cm³/mol. The van der Waals surface area contributed by atoms with Crippen molar-refractivity contribution < 1.29 is 9.13 Å². The van der Waals surface area contributed by atoms with Crippen LogP contribution in [-0.4, -0.2) is 49.3 Å². The Hall–Kier alpha value is -1.50. The summed E-state index contributed by atoms with van der Waals surface area (Å²) in [5.74, 6) is -0.231. The molecule has 0 spiro atoms. The number of aromatic nitrogens is 1. The first kappa shape index (κ1) is 14.4. The normalized spacial score (nSPS) is 19.6. The van der Waals surface area contributed by atoms with E-state index in [1.54, 1.807) is 23.5 Å². The van der Waals surface area contributed by atoms with E-state index < -0.39 is 0 Å². The van der Waals surface area contributed by atoms with Gasteiger partial charge in [0.25, 0.3) is 0 Å². The molecule has 0 bridgehead atoms. The number of thiazole rings is 1. The first-order valence-corrected chi connectivity index (χ1v) is 7.84. The van der Waals surface area contributed by atoms with Crippen LogP contribution < -0.4 is 5.32 Å². The van der Waals surface area contributed by atoms with Crippen molar-refractivity contribution in [3.63, 3.8) is 0 Å². The largest absolute Gasteiger partial charge is 0.374 e. The lowest BCUT2D eigenvalue weighted by Gasteiger charge is -2.29. The van der Waals surface area contributed by atoms with Crippen molar-refractivity contribution in [2.45, 2.75) is 6.10 Å². The summed E-state index contributed by atoms with van der Waals surface area (Å²) in [6.07, 6.45) is 0.196. The molecule has 1 aromatic carbocycles. The molecule has 1 atom stereocenters. The van der Waals surface area contributed by atoms with Crippen LogP contribution in [0, 0.1) is 5.82 Å². The predicted octanol–water partition coefficient (Wildman–Crippen LogP) is 2.69. The van der Waals surface area contributed by atoms with Crippen molar-refractivity contribution in [2.24, 2.45) is 0 Å². The lowest BCUT2D eigenvalue weighted by molar-refractivity contribution is -0.0117. The van der Waals surface area contributed by atoms with Crippen LogP contribution in [0.5, 0.6) is 0 Å². The molecule has 1 aliphatic rings. The molecule has 4 nitrogen and oxygen atoms in total. The number of hydrogen-bond donors (Lipinski definition) is 1. The number of nitrogens with one attached hydrogen (secondary N) is 1. The molecule has 1 saturated heterocycles. The van der Waals surface area contributed by atoms with Crippen LogP contribution in [0.2, 0.25) is 0 Å². The van der Waals surface area contributed by atoms with Gasteiger partial charge in [-0.25, -0.2) is 9.37 Å². The number of morpholine rings is 1. The highest BCUT2D eigenvalue weighted by molar-refractivity contribution is 7.14. The van der Waals surface area contributed by atoms with Crippen LogP contribution in [-0.2, 0) is 4.74 Å². The molecule has 1 aromatic heterocycles. The number of ether oxygens (including phenoxy) is 1. The summed E-state index contributed by atoms with van der Waals surface area (Å²) in [4.78, 5) is 6.79. The average molecular weight is 307 g/mol. The Labute approximate surface area is 127 Å². The molecule has 2 aromatic rings. The summed E-state index contributed by atoms with van der Waals surface area (Å²) in [7, 11) is 2.10. The van der Waals surface area contributed by atoms with Gasteiger partial charge in [-0.1, -0.05) is 0 Å². The SMILES string of the molecule is CN1CCOC(CNc2nc(-c3ccc(F)cc3)cs2)C1. The first-order chi connectivity index (χ1) is 10.2. The average Bonchev–Trinajstić information content (AvgIpc) is 2.95. The molecule has 0 amide bonds. The molecule has 1 unspecified atom stereocenters. The van der Waals surface area contributed by atoms with E-state index in [2.05, 4.69) is 22.2 Å². The van der Waals surface area contributed by atoms with E-state index in [1.807, 2.05) is 5.38 Å². The summed E-state index contributed by atoms with van der Waals surface area (Å²) in [6, 6.07) is 6.39. The van der Waals surface area contributed by atoms with Crippen molar-refractivity contribution in [3.05, 3.63) is 35.5 Å². The number of halogens is 1. The summed E-state index contributed by atoms with van der Waals surface area (Å²) in [5, 5.41) is 6.16. The molecule has 1 N–H and O–H groups in total. The van der Waals surface area contributed by atoms with Crippen molar-refractivity contribution in [3.8, 4) is 11.3 Å². The Kier molecular flexibility index (Phi) is 4.48. The molecule has 1 aliphatic heterocycles. The number of anilines is 1. The zero-order valence-electron chi connectivity index (χ0n) is 11.9. The fraction of sp³-hybridized carbons (Fsp3) is 0.400. The molecule has 6 heteroatoms. The number of nitrogens with zero attached hydrogens (tertiary/aromatic N) is 2. The summed E-state index contributed by atoms with van der Waals surface area (Å²) >= 11 is 1.55. The van der Waals surface area contributed by atoms with Crippen molar-refractivity contribution >= 4 is 16.5 Å². The molecule has 21 heavy (non-hydrogen) atoms. The van der Waals surface area contributed by atoms with Gasteiger partial charge in [-0.3, -0.25) is 0 Å². The summed E-state index contributed by atoms with van der Waals surface area (Å²) < 4.78 is 18.6. The van der Waals surface area contributed by atoms with Crippen molar-refractivity contribution in [1.29, 1.82) is 0 Å². The second-order valence-electron chi connectivity index (χ2n) is 5.18. The van der Waals surface area contributed by atoms with Crippen LogP contribution in [0.1, 0.15) is 0 Å². The fourth-order valence-electron chi connectivity index (χ4n) is 2.30. The fourth-order valence-corrected chi connectivity index (χ4v) is 3.03. The summed E-state index contributed by atoms with van der Waals surface area (Å²) in [6.45, 7) is 3.45. The third-order valence-electron chi connectivity index (χ3n) is 3.47. The van der Waals surface area contributed by atoms with Gasteiger partial charge in [-0.2, -0.15) is 0 Å². The maximum atomic E-state index is 12.9. The smallest absolute Gasteiger partial charge is 0.183 e. The van der Waals surface area contributed by atoms with Gasteiger partial charge in [-0.15, -0.1) is 11.3 Å². The minimum absolute atomic E-state index is 0.196. The molecule has 3 rings (SSSR count). The highest BCUT2D eigenvalue weighted by Gasteiger charge is 2.17. The lowest BCUT2D eigenvalue weighted by atomic mass is 10.2. The van der Waals surface area contributed by atoms with Crippen LogP contribution in [0.25, 0.3) is 11.3 Å². The Balaban J connectivity index is 1.59. The van der Waals surface area contributed by atoms with E-state index >= 15 is 0 Å². The highest BCUT2D eigenvalue weighted by Crippen LogP contribution is 2.25. The maximum absolute atomic E-state index is 12.9. The minimum atomic E-state index is -0.231. The van der Waals surface area contributed by atoms with E-state index in [4.69, 9.17) is 4.74 Å². The lowest BCUT2D eigenvalue weighted by Crippen LogP contribution is -2.43. The van der Waals surface area contributed by atoms with E-state index in [1.165, 1.54) is 12.1 Å². The zero-order chi connectivity index (χ0) is 14.7. The molecular formula is C15H18FN3OS. The van der Waals surface area contributed by atoms with Crippen LogP contribution >= 0.6 is 11.3 Å². The van der Waals surface area contributed by atoms with Crippen LogP contribution in [0.4, 0.5) is 9.52 Å². The number of likely N-dealkylation sites (N-methyl/N-ethyl adjacent to an activating group) is 1. The molecule has 112 valence electrons. The van der Waals surface area contributed by atoms with Gasteiger partial charge in [0.2, 0.25) is 0 Å². The maximum Gasteiger partial charge on any atom is 0.183 e. The van der Waals surface area contributed by atoms with Gasteiger partial charge >= 0.3 is 0 Å². The monoisotopic (exact) mass is 307 g/mol. The number of hydrogen-bond acceptors (Lipinski definition) is 5. The third kappa shape index (κ3) is 3.78. The standard InChI is InChI=1S/C15H18FN3OS/c1-19-6-7-20-13(9-19)8-17-15-18-14(10-21-15)11-2-4-12(16)5-3-11/h2-5,10,13H,6-9H2,1H3,(H,17,18). The Bertz CT molecular complexity index is 587. The minimum Gasteiger partial charge on any atom is -0.374 e. The second kappa shape index (κ2) is 6.51. The second-order valence-corrected chi connectivity index (χ2v) is 6.04. The zero-order valence-corrected chi connectivity index (χ0v) is 12.7. The first-order valence-electron chi connectivity index (χ1n) is 6.96. The highest BCUT2D eigenvalue weighted by atomic mass is 32.1. The molecule has 0 radical (unpaired) electrons. The van der Waals surface area contributed by atoms with Gasteiger partial charge in [-0.05, 0) is 31.3 Å². The molecule has 2 heterocycles. The molecular weight excluding hydrogens is 289 g/mol. The van der Waals surface area contributed by atoms with Gasteiger partial charge in [0.1, 0.15) is 5.82 Å². The molecule has 1 fully saturated rings. The quantitative estimate of drug-likeness (QED) is 0.942. The van der Waals surface area contributed by atoms with E-state index in [0.29, 0.717) is 0 Å². The molecule has 0 saturated carbocycles. The third-order valence-corrected chi connectivity index (χ3v) is 4.27. The molecule has 0 aliphatic carbocycles. The Morgan fingerprint density at radius 2 is 2.24 bits per heavy atom. The van der Waals surface area contributed by atoms with Crippen LogP contribution in [0.15, 0.2) is 29.6 Å². The summed E-state index contributed by atoms with van der Waals surface area (Å²) in [5.41, 5.74) is 1.79. The van der Waals surface area contributed by atoms with Crippen LogP contribution in [0.3, 0.4) is 0 Å². The van der Waals surface area contributed by atoms with Gasteiger partial charge < -0.3 is 15.0 Å². The van der Waals surface area contributed by atoms with Gasteiger partial charge in [0, 0.05) is 30.6 Å². The van der Waals surface area contributed by atoms with Gasteiger partial charge in [0.05, 0.1) is 18.4 Å². The number of benzene rings is 1. The van der Waals surface area contributed by atoms with E-state index in [0.717, 1.165) is 42.6 Å². The topological polar surface area (TPSA) is 37.4 Å². The van der Waals surface area contributed by atoms with Crippen molar-refractivity contribution in [2.75, 3.05) is 38.6 Å². The van der Waals surface area contributed by atoms with E-state index in [9.17, 15) is 4.39 Å². The number of rotatable bonds is 4. The van der Waals surface area contributed by atoms with Gasteiger partial charge in [0.15, 0.2) is 5.13 Å². The Morgan fingerprint density at radius 3 is 3.00 bits per heavy atom. The van der Waals surface area contributed by atoms with E-state index in [-0.39, 0.29) is 11.9 Å².